The van der Waals surface area contributed by atoms with Gasteiger partial charge in [0, 0.05) is 11.8 Å². The highest BCUT2D eigenvalue weighted by Crippen LogP contribution is 2.38. The molecule has 5 nitrogen and oxygen atoms in total. The van der Waals surface area contributed by atoms with E-state index in [0.29, 0.717) is 11.0 Å². The number of alkyl halides is 3. The van der Waals surface area contributed by atoms with Gasteiger partial charge in [0.25, 0.3) is 11.8 Å². The Balaban J connectivity index is 2.32. The number of carbonyl (C=O) groups excluding carboxylic acids is 2. The molecular formula is C13H9BrF4N2O3. The van der Waals surface area contributed by atoms with Crippen LogP contribution >= 0.6 is 15.9 Å². The zero-order valence-electron chi connectivity index (χ0n) is 11.2. The van der Waals surface area contributed by atoms with E-state index in [0.717, 1.165) is 12.1 Å². The number of hydrogen-bond donors (Lipinski definition) is 2. The molecule has 1 aliphatic rings. The lowest BCUT2D eigenvalue weighted by Crippen LogP contribution is -2.34. The average Bonchev–Trinajstić information content (AvgIpc) is 2.69. The molecule has 0 atom stereocenters. The molecule has 0 saturated carbocycles. The normalized spacial score (nSPS) is 15.2. The van der Waals surface area contributed by atoms with Crippen LogP contribution in [0, 0.1) is 5.82 Å². The molecule has 2 amide bonds. The van der Waals surface area contributed by atoms with Crippen molar-refractivity contribution in [2.75, 3.05) is 18.5 Å². The van der Waals surface area contributed by atoms with Gasteiger partial charge in [0.1, 0.15) is 11.5 Å². The maximum Gasteiger partial charge on any atom is 0.417 e. The van der Waals surface area contributed by atoms with Gasteiger partial charge in [0.15, 0.2) is 0 Å². The van der Waals surface area contributed by atoms with Gasteiger partial charge in [-0.05, 0) is 28.1 Å². The predicted molar refractivity (Wildman–Crippen MR) is 74.6 cm³/mol. The van der Waals surface area contributed by atoms with Gasteiger partial charge in [-0.25, -0.2) is 4.39 Å². The Kier molecular flexibility index (Phi) is 4.76. The molecule has 23 heavy (non-hydrogen) atoms. The first-order valence-corrected chi connectivity index (χ1v) is 6.96. The first kappa shape index (κ1) is 17.4. The Hall–Kier alpha value is -1.94. The molecule has 0 bridgehead atoms. The lowest BCUT2D eigenvalue weighted by atomic mass is 10.2. The summed E-state index contributed by atoms with van der Waals surface area (Å²) < 4.78 is 51.3. The van der Waals surface area contributed by atoms with Crippen LogP contribution in [0.4, 0.5) is 23.2 Å². The number of aliphatic hydroxyl groups is 1. The third kappa shape index (κ3) is 3.53. The van der Waals surface area contributed by atoms with Gasteiger partial charge in [0.05, 0.1) is 23.2 Å². The first-order valence-electron chi connectivity index (χ1n) is 6.16. The molecule has 0 aliphatic carbocycles. The lowest BCUT2D eigenvalue weighted by Gasteiger charge is -2.15. The number of β-amino-alcohol motifs (C(OH)–C–C–N with tert-alkyl or cyclic N) is 1. The molecule has 0 aromatic heterocycles. The number of carbonyl (C=O) groups is 2. The van der Waals surface area contributed by atoms with Gasteiger partial charge in [-0.2, -0.15) is 13.2 Å². The molecule has 0 saturated heterocycles. The fraction of sp³-hybridized carbons (Fsp3) is 0.231. The van der Waals surface area contributed by atoms with Crippen LogP contribution in [0.25, 0.3) is 0 Å². The van der Waals surface area contributed by atoms with E-state index in [1.807, 2.05) is 0 Å². The Labute approximate surface area is 135 Å². The first-order chi connectivity index (χ1) is 10.6. The van der Waals surface area contributed by atoms with E-state index >= 15 is 0 Å². The van der Waals surface area contributed by atoms with Crippen LogP contribution in [0.1, 0.15) is 5.56 Å². The van der Waals surface area contributed by atoms with Crippen LogP contribution in [0.3, 0.4) is 0 Å². The number of rotatable bonds is 4. The maximum absolute atomic E-state index is 13.6. The minimum Gasteiger partial charge on any atom is -0.395 e. The van der Waals surface area contributed by atoms with E-state index in [1.165, 1.54) is 0 Å². The zero-order valence-corrected chi connectivity index (χ0v) is 12.8. The van der Waals surface area contributed by atoms with Crippen molar-refractivity contribution in [3.63, 3.8) is 0 Å². The summed E-state index contributed by atoms with van der Waals surface area (Å²) in [5.74, 6) is -2.71. The molecule has 10 heteroatoms. The predicted octanol–water partition coefficient (Wildman–Crippen LogP) is 2.26. The molecule has 2 N–H and O–H groups in total. The number of benzene rings is 1. The lowest BCUT2D eigenvalue weighted by molar-refractivity contribution is -0.139. The number of anilines is 1. The zero-order chi connectivity index (χ0) is 17.4. The van der Waals surface area contributed by atoms with Gasteiger partial charge >= 0.3 is 6.18 Å². The molecule has 2 rings (SSSR count). The minimum absolute atomic E-state index is 0.248. The summed E-state index contributed by atoms with van der Waals surface area (Å²) in [4.78, 5) is 24.1. The van der Waals surface area contributed by atoms with Gasteiger partial charge in [0.2, 0.25) is 0 Å². The Morgan fingerprint density at radius 3 is 2.48 bits per heavy atom. The van der Waals surface area contributed by atoms with E-state index in [9.17, 15) is 27.2 Å². The second kappa shape index (κ2) is 6.28. The largest absolute Gasteiger partial charge is 0.417 e. The summed E-state index contributed by atoms with van der Waals surface area (Å²) in [6.45, 7) is -0.703. The highest BCUT2D eigenvalue weighted by molar-refractivity contribution is 9.10. The highest BCUT2D eigenvalue weighted by atomic mass is 79.9. The van der Waals surface area contributed by atoms with Crippen LogP contribution in [0.5, 0.6) is 0 Å². The fourth-order valence-corrected chi connectivity index (χ4v) is 2.39. The van der Waals surface area contributed by atoms with E-state index in [2.05, 4.69) is 21.2 Å². The van der Waals surface area contributed by atoms with Crippen molar-refractivity contribution in [1.82, 2.24) is 4.90 Å². The van der Waals surface area contributed by atoms with Crippen molar-refractivity contribution >= 4 is 33.4 Å². The van der Waals surface area contributed by atoms with Crippen LogP contribution in [-0.2, 0) is 15.8 Å². The molecular weight excluding hydrogens is 388 g/mol. The van der Waals surface area contributed by atoms with E-state index < -0.39 is 40.5 Å². The number of amides is 2. The van der Waals surface area contributed by atoms with Crippen molar-refractivity contribution < 1.29 is 32.3 Å². The molecule has 1 aromatic carbocycles. The summed E-state index contributed by atoms with van der Waals surface area (Å²) in [5.41, 5.74) is -1.90. The highest BCUT2D eigenvalue weighted by Gasteiger charge is 2.35. The Bertz CT molecular complexity index is 703. The summed E-state index contributed by atoms with van der Waals surface area (Å²) in [6.07, 6.45) is -3.94. The smallest absolute Gasteiger partial charge is 0.395 e. The van der Waals surface area contributed by atoms with E-state index in [1.54, 1.807) is 0 Å². The standard InChI is InChI=1S/C13H9BrF4N2O3/c14-11-7(13(16,17)18)3-6(4-8(11)15)19-9-5-10(22)20(1-2-21)12(9)23/h3-5,19,21H,1-2H2. The Morgan fingerprint density at radius 2 is 1.91 bits per heavy atom. The third-order valence-electron chi connectivity index (χ3n) is 2.95. The summed E-state index contributed by atoms with van der Waals surface area (Å²) in [7, 11) is 0. The van der Waals surface area contributed by atoms with Crippen LogP contribution in [0.15, 0.2) is 28.4 Å². The van der Waals surface area contributed by atoms with Gasteiger partial charge < -0.3 is 10.4 Å². The van der Waals surface area contributed by atoms with Crippen molar-refractivity contribution in [2.45, 2.75) is 6.18 Å². The molecule has 1 aromatic rings. The number of halogens is 5. The molecule has 1 aliphatic heterocycles. The van der Waals surface area contributed by atoms with Gasteiger partial charge in [-0.3, -0.25) is 14.5 Å². The summed E-state index contributed by atoms with van der Waals surface area (Å²) in [6, 6.07) is 1.37. The molecule has 1 heterocycles. The Morgan fingerprint density at radius 1 is 1.26 bits per heavy atom. The quantitative estimate of drug-likeness (QED) is 0.604. The van der Waals surface area contributed by atoms with E-state index in [4.69, 9.17) is 5.11 Å². The van der Waals surface area contributed by atoms with Crippen molar-refractivity contribution in [2.24, 2.45) is 0 Å². The number of hydrogen-bond acceptors (Lipinski definition) is 4. The van der Waals surface area contributed by atoms with E-state index in [-0.39, 0.29) is 17.9 Å². The number of nitrogens with zero attached hydrogens (tertiary/aromatic N) is 1. The monoisotopic (exact) mass is 396 g/mol. The SMILES string of the molecule is O=C1C=C(Nc2cc(F)c(Br)c(C(F)(F)F)c2)C(=O)N1CCO. The van der Waals surface area contributed by atoms with Gasteiger partial charge in [-0.1, -0.05) is 0 Å². The molecule has 0 radical (unpaired) electrons. The molecule has 0 spiro atoms. The number of nitrogens with one attached hydrogen (secondary N) is 1. The number of imide groups is 1. The average molecular weight is 397 g/mol. The van der Waals surface area contributed by atoms with Crippen LogP contribution in [-0.4, -0.2) is 35.0 Å². The second-order valence-corrected chi connectivity index (χ2v) is 5.31. The summed E-state index contributed by atoms with van der Waals surface area (Å²) in [5, 5.41) is 11.1. The number of aliphatic hydroxyl groups excluding tert-OH is 1. The molecule has 0 unspecified atom stereocenters. The minimum atomic E-state index is -4.80. The molecule has 124 valence electrons. The van der Waals surface area contributed by atoms with Crippen molar-refractivity contribution in [3.05, 3.63) is 39.8 Å². The van der Waals surface area contributed by atoms with Crippen molar-refractivity contribution in [1.29, 1.82) is 0 Å². The maximum atomic E-state index is 13.6. The molecule has 0 fully saturated rings. The summed E-state index contributed by atoms with van der Waals surface area (Å²) >= 11 is 2.52. The van der Waals surface area contributed by atoms with Crippen LogP contribution < -0.4 is 5.32 Å². The third-order valence-corrected chi connectivity index (χ3v) is 3.75. The second-order valence-electron chi connectivity index (χ2n) is 4.52. The van der Waals surface area contributed by atoms with Crippen molar-refractivity contribution in [3.8, 4) is 0 Å². The fourth-order valence-electron chi connectivity index (χ4n) is 1.93. The van der Waals surface area contributed by atoms with Gasteiger partial charge in [-0.15, -0.1) is 0 Å². The topological polar surface area (TPSA) is 69.6 Å². The van der Waals surface area contributed by atoms with Crippen LogP contribution in [0.2, 0.25) is 0 Å².